The summed E-state index contributed by atoms with van der Waals surface area (Å²) in [4.78, 5) is 27.4. The van der Waals surface area contributed by atoms with Crippen LogP contribution in [0.25, 0.3) is 0 Å². The maximum atomic E-state index is 13.5. The van der Waals surface area contributed by atoms with Gasteiger partial charge in [0.25, 0.3) is 5.91 Å². The second kappa shape index (κ2) is 14.6. The standard InChI is InChI=1S/C31H39N3O5S2/c1-31(2,3)33-29(36)25-18-12-11-15-23(25)20-28(35)26(19-22-13-7-5-8-14-22)32-30(37)27(34-41(4,38)39)21-40-24-16-9-6-10-17-24/h5-18,26-28,34-35H,19-21H2,1-4H3,(H,32,37)(H,33,36)/t26-,27-,28+/m0/s1. The fourth-order valence-electron chi connectivity index (χ4n) is 4.25. The minimum absolute atomic E-state index is 0.106. The number of aliphatic hydroxyl groups is 1. The summed E-state index contributed by atoms with van der Waals surface area (Å²) in [7, 11) is -3.70. The minimum atomic E-state index is -3.70. The van der Waals surface area contributed by atoms with Crippen molar-refractivity contribution in [3.63, 3.8) is 0 Å². The summed E-state index contributed by atoms with van der Waals surface area (Å²) in [5.74, 6) is -0.635. The summed E-state index contributed by atoms with van der Waals surface area (Å²) < 4.78 is 26.7. The molecule has 0 aliphatic heterocycles. The molecule has 8 nitrogen and oxygen atoms in total. The van der Waals surface area contributed by atoms with Gasteiger partial charge in [-0.2, -0.15) is 0 Å². The minimum Gasteiger partial charge on any atom is -0.391 e. The Bertz CT molecular complexity index is 1390. The topological polar surface area (TPSA) is 125 Å². The molecule has 0 fully saturated rings. The number of nitrogens with one attached hydrogen (secondary N) is 3. The highest BCUT2D eigenvalue weighted by Gasteiger charge is 2.29. The zero-order valence-electron chi connectivity index (χ0n) is 23.8. The second-order valence-corrected chi connectivity index (χ2v) is 13.9. The Kier molecular flexibility index (Phi) is 11.5. The van der Waals surface area contributed by atoms with E-state index >= 15 is 0 Å². The molecule has 220 valence electrons. The summed E-state index contributed by atoms with van der Waals surface area (Å²) in [6, 6.07) is 24.0. The van der Waals surface area contributed by atoms with Gasteiger partial charge in [0, 0.05) is 28.2 Å². The SMILES string of the molecule is CC(C)(C)NC(=O)c1ccccc1C[C@@H](O)[C@H](Cc1ccccc1)NC(=O)[C@H](CSc1ccccc1)NS(C)(=O)=O. The number of carbonyl (C=O) groups excluding carboxylic acids is 2. The number of amides is 2. The summed E-state index contributed by atoms with van der Waals surface area (Å²) in [6.07, 6.45) is 0.357. The Morgan fingerprint density at radius 2 is 1.46 bits per heavy atom. The van der Waals surface area contributed by atoms with Crippen molar-refractivity contribution in [3.8, 4) is 0 Å². The van der Waals surface area contributed by atoms with Crippen LogP contribution in [-0.2, 0) is 27.7 Å². The molecule has 0 saturated heterocycles. The number of aliphatic hydroxyl groups excluding tert-OH is 1. The maximum Gasteiger partial charge on any atom is 0.251 e. The predicted molar refractivity (Wildman–Crippen MR) is 164 cm³/mol. The highest BCUT2D eigenvalue weighted by Crippen LogP contribution is 2.20. The number of rotatable bonds is 13. The van der Waals surface area contributed by atoms with Crippen LogP contribution in [0, 0.1) is 0 Å². The average Bonchev–Trinajstić information content (AvgIpc) is 2.90. The van der Waals surface area contributed by atoms with E-state index < -0.39 is 39.7 Å². The molecule has 2 amide bonds. The van der Waals surface area contributed by atoms with Crippen LogP contribution in [0.2, 0.25) is 0 Å². The van der Waals surface area contributed by atoms with Crippen molar-refractivity contribution in [1.29, 1.82) is 0 Å². The van der Waals surface area contributed by atoms with Crippen LogP contribution in [0.15, 0.2) is 89.8 Å². The summed E-state index contributed by atoms with van der Waals surface area (Å²) in [6.45, 7) is 5.68. The Morgan fingerprint density at radius 1 is 0.878 bits per heavy atom. The van der Waals surface area contributed by atoms with Crippen molar-refractivity contribution in [3.05, 3.63) is 102 Å². The van der Waals surface area contributed by atoms with E-state index in [2.05, 4.69) is 15.4 Å². The van der Waals surface area contributed by atoms with Gasteiger partial charge in [-0.3, -0.25) is 9.59 Å². The number of thioether (sulfide) groups is 1. The second-order valence-electron chi connectivity index (χ2n) is 11.0. The summed E-state index contributed by atoms with van der Waals surface area (Å²) in [5.41, 5.74) is 1.54. The molecule has 0 bridgehead atoms. The number of hydrogen-bond donors (Lipinski definition) is 4. The van der Waals surface area contributed by atoms with Gasteiger partial charge in [0.1, 0.15) is 6.04 Å². The molecule has 0 aromatic heterocycles. The first-order chi connectivity index (χ1) is 19.3. The van der Waals surface area contributed by atoms with Crippen molar-refractivity contribution in [2.45, 2.75) is 62.2 Å². The fraction of sp³-hybridized carbons (Fsp3) is 0.355. The molecule has 41 heavy (non-hydrogen) atoms. The van der Waals surface area contributed by atoms with Crippen LogP contribution in [0.1, 0.15) is 42.3 Å². The number of carbonyl (C=O) groups is 2. The van der Waals surface area contributed by atoms with Crippen molar-refractivity contribution in [2.75, 3.05) is 12.0 Å². The molecule has 0 unspecified atom stereocenters. The van der Waals surface area contributed by atoms with E-state index in [1.165, 1.54) is 11.8 Å². The van der Waals surface area contributed by atoms with Crippen molar-refractivity contribution >= 4 is 33.6 Å². The van der Waals surface area contributed by atoms with Crippen molar-refractivity contribution < 1.29 is 23.1 Å². The van der Waals surface area contributed by atoms with Gasteiger partial charge in [0.15, 0.2) is 0 Å². The smallest absolute Gasteiger partial charge is 0.251 e. The molecule has 0 aliphatic carbocycles. The van der Waals surface area contributed by atoms with Gasteiger partial charge in [-0.15, -0.1) is 11.8 Å². The van der Waals surface area contributed by atoms with Crippen molar-refractivity contribution in [2.24, 2.45) is 0 Å². The molecule has 3 rings (SSSR count). The lowest BCUT2D eigenvalue weighted by molar-refractivity contribution is -0.123. The van der Waals surface area contributed by atoms with Gasteiger partial charge in [0.05, 0.1) is 18.4 Å². The van der Waals surface area contributed by atoms with Gasteiger partial charge in [-0.05, 0) is 56.5 Å². The number of sulfonamides is 1. The summed E-state index contributed by atoms with van der Waals surface area (Å²) >= 11 is 1.35. The zero-order valence-corrected chi connectivity index (χ0v) is 25.5. The average molecular weight is 598 g/mol. The first-order valence-corrected chi connectivity index (χ1v) is 16.3. The zero-order chi connectivity index (χ0) is 30.0. The van der Waals surface area contributed by atoms with E-state index in [1.54, 1.807) is 24.3 Å². The molecule has 3 atom stereocenters. The Labute approximate surface area is 247 Å². The number of hydrogen-bond acceptors (Lipinski definition) is 6. The third-order valence-corrected chi connectivity index (χ3v) is 7.92. The van der Waals surface area contributed by atoms with Crippen LogP contribution in [0.3, 0.4) is 0 Å². The lowest BCUT2D eigenvalue weighted by Crippen LogP contribution is -2.54. The molecule has 4 N–H and O–H groups in total. The van der Waals surface area contributed by atoms with Gasteiger partial charge in [-0.1, -0.05) is 66.7 Å². The molecule has 0 aliphatic rings. The van der Waals surface area contributed by atoms with Gasteiger partial charge < -0.3 is 15.7 Å². The Balaban J connectivity index is 1.84. The molecule has 10 heteroatoms. The third-order valence-electron chi connectivity index (χ3n) is 6.10. The van der Waals surface area contributed by atoms with E-state index in [0.717, 1.165) is 16.7 Å². The van der Waals surface area contributed by atoms with Crippen LogP contribution in [0.5, 0.6) is 0 Å². The summed E-state index contributed by atoms with van der Waals surface area (Å²) in [5, 5.41) is 17.3. The third kappa shape index (κ3) is 11.3. The fourth-order valence-corrected chi connectivity index (χ4v) is 6.00. The largest absolute Gasteiger partial charge is 0.391 e. The van der Waals surface area contributed by atoms with Crippen LogP contribution in [-0.4, -0.2) is 61.1 Å². The van der Waals surface area contributed by atoms with Crippen LogP contribution >= 0.6 is 11.8 Å². The van der Waals surface area contributed by atoms with Gasteiger partial charge in [0.2, 0.25) is 15.9 Å². The van der Waals surface area contributed by atoms with Gasteiger partial charge in [-0.25, -0.2) is 13.1 Å². The normalized spacial score (nSPS) is 14.1. The van der Waals surface area contributed by atoms with E-state index in [9.17, 15) is 23.1 Å². The van der Waals surface area contributed by atoms with E-state index in [-0.39, 0.29) is 18.1 Å². The first-order valence-electron chi connectivity index (χ1n) is 13.4. The molecular weight excluding hydrogens is 558 g/mol. The maximum absolute atomic E-state index is 13.5. The van der Waals surface area contributed by atoms with E-state index in [4.69, 9.17) is 0 Å². The van der Waals surface area contributed by atoms with E-state index in [0.29, 0.717) is 17.5 Å². The lowest BCUT2D eigenvalue weighted by atomic mass is 9.93. The molecule has 0 heterocycles. The molecule has 3 aromatic rings. The lowest BCUT2D eigenvalue weighted by Gasteiger charge is -2.28. The molecule has 0 spiro atoms. The molecular formula is C31H39N3O5S2. The monoisotopic (exact) mass is 597 g/mol. The quantitative estimate of drug-likeness (QED) is 0.224. The first kappa shape index (κ1) is 32.3. The van der Waals surface area contributed by atoms with Gasteiger partial charge >= 0.3 is 0 Å². The molecule has 0 saturated carbocycles. The number of benzene rings is 3. The predicted octanol–water partition coefficient (Wildman–Crippen LogP) is 3.56. The Hall–Kier alpha value is -3.18. The van der Waals surface area contributed by atoms with Crippen LogP contribution < -0.4 is 15.4 Å². The highest BCUT2D eigenvalue weighted by atomic mass is 32.2. The molecule has 0 radical (unpaired) electrons. The molecule has 3 aromatic carbocycles. The van der Waals surface area contributed by atoms with Crippen LogP contribution in [0.4, 0.5) is 0 Å². The van der Waals surface area contributed by atoms with Crippen molar-refractivity contribution in [1.82, 2.24) is 15.4 Å². The Morgan fingerprint density at radius 3 is 2.07 bits per heavy atom. The van der Waals surface area contributed by atoms with E-state index in [1.807, 2.05) is 81.4 Å². The highest BCUT2D eigenvalue weighted by molar-refractivity contribution is 7.99.